The van der Waals surface area contributed by atoms with Gasteiger partial charge in [0.2, 0.25) is 5.91 Å². The molecule has 2 aromatic carbocycles. The van der Waals surface area contributed by atoms with Crippen LogP contribution in [0.4, 0.5) is 18.9 Å². The van der Waals surface area contributed by atoms with E-state index in [1.54, 1.807) is 30.3 Å². The second kappa shape index (κ2) is 9.91. The monoisotopic (exact) mass is 541 g/mol. The fourth-order valence-corrected chi connectivity index (χ4v) is 5.52. The van der Waals surface area contributed by atoms with Gasteiger partial charge in [0.15, 0.2) is 5.16 Å². The number of carbonyl (C=O) groups is 1. The third-order valence-electron chi connectivity index (χ3n) is 5.40. The number of thiophene rings is 1. The van der Waals surface area contributed by atoms with E-state index in [-0.39, 0.29) is 22.2 Å². The average Bonchev–Trinajstić information content (AvgIpc) is 3.49. The van der Waals surface area contributed by atoms with E-state index in [0.29, 0.717) is 33.0 Å². The first-order valence-corrected chi connectivity index (χ1v) is 12.8. The molecule has 3 aromatic heterocycles. The highest BCUT2D eigenvalue weighted by Gasteiger charge is 2.30. The van der Waals surface area contributed by atoms with Crippen LogP contribution in [0.1, 0.15) is 11.3 Å². The van der Waals surface area contributed by atoms with Crippen LogP contribution in [0.2, 0.25) is 0 Å². The van der Waals surface area contributed by atoms with Gasteiger partial charge in [0.1, 0.15) is 16.4 Å². The Morgan fingerprint density at radius 1 is 1.11 bits per heavy atom. The quantitative estimate of drug-likeness (QED) is 0.190. The molecule has 5 aromatic rings. The summed E-state index contributed by atoms with van der Waals surface area (Å²) in [6, 6.07) is 16.9. The lowest BCUT2D eigenvalue weighted by molar-refractivity contribution is -0.137. The number of para-hydroxylation sites is 1. The highest BCUT2D eigenvalue weighted by atomic mass is 32.2. The molecule has 0 aliphatic carbocycles. The first-order chi connectivity index (χ1) is 17.7. The number of hydrogen-bond donors (Lipinski definition) is 1. The van der Waals surface area contributed by atoms with E-state index in [2.05, 4.69) is 10.3 Å². The number of aromatic nitrogens is 2. The number of anilines is 1. The van der Waals surface area contributed by atoms with Gasteiger partial charge in [-0.1, -0.05) is 36.0 Å². The van der Waals surface area contributed by atoms with Gasteiger partial charge in [-0.2, -0.15) is 13.2 Å². The number of nitrogens with one attached hydrogen (secondary N) is 1. The minimum Gasteiger partial charge on any atom is -0.461 e. The summed E-state index contributed by atoms with van der Waals surface area (Å²) in [5.74, 6) is 0.570. The molecule has 0 aliphatic heterocycles. The van der Waals surface area contributed by atoms with Gasteiger partial charge in [0.05, 0.1) is 22.4 Å². The maximum atomic E-state index is 13.7. The zero-order valence-electron chi connectivity index (χ0n) is 19.2. The zero-order valence-corrected chi connectivity index (χ0v) is 20.8. The van der Waals surface area contributed by atoms with Gasteiger partial charge in [-0.15, -0.1) is 11.3 Å². The predicted molar refractivity (Wildman–Crippen MR) is 138 cm³/mol. The molecule has 0 radical (unpaired) electrons. The molecule has 3 heterocycles. The number of benzene rings is 2. The van der Waals surface area contributed by atoms with E-state index >= 15 is 0 Å². The van der Waals surface area contributed by atoms with Gasteiger partial charge in [-0.3, -0.25) is 14.2 Å². The highest BCUT2D eigenvalue weighted by Crippen LogP contribution is 2.34. The van der Waals surface area contributed by atoms with Crippen molar-refractivity contribution in [3.63, 3.8) is 0 Å². The van der Waals surface area contributed by atoms with Crippen molar-refractivity contribution in [2.24, 2.45) is 0 Å². The van der Waals surface area contributed by atoms with Gasteiger partial charge in [0.25, 0.3) is 5.56 Å². The van der Waals surface area contributed by atoms with Crippen LogP contribution in [0.3, 0.4) is 0 Å². The second-order valence-corrected chi connectivity index (χ2v) is 9.83. The molecule has 0 aliphatic rings. The van der Waals surface area contributed by atoms with Gasteiger partial charge >= 0.3 is 6.18 Å². The Hall–Kier alpha value is -3.83. The largest absolute Gasteiger partial charge is 0.461 e. The summed E-state index contributed by atoms with van der Waals surface area (Å²) < 4.78 is 46.1. The molecule has 11 heteroatoms. The molecule has 0 saturated carbocycles. The Morgan fingerprint density at radius 3 is 2.59 bits per heavy atom. The minimum absolute atomic E-state index is 0.0286. The molecule has 1 amide bonds. The normalized spacial score (nSPS) is 11.7. The highest BCUT2D eigenvalue weighted by molar-refractivity contribution is 7.99. The molecule has 0 bridgehead atoms. The maximum absolute atomic E-state index is 13.7. The lowest BCUT2D eigenvalue weighted by Crippen LogP contribution is -2.22. The molecule has 0 saturated heterocycles. The maximum Gasteiger partial charge on any atom is 0.416 e. The van der Waals surface area contributed by atoms with Crippen LogP contribution in [-0.4, -0.2) is 21.2 Å². The van der Waals surface area contributed by atoms with Crippen molar-refractivity contribution in [2.45, 2.75) is 18.3 Å². The SMILES string of the molecule is Cc1ccc(-c2csc3nc(SCC(=O)Nc4cccc(C(F)(F)F)c4)n(-c4ccccc4)c(=O)c23)o1. The third-order valence-corrected chi connectivity index (χ3v) is 7.21. The molecule has 0 atom stereocenters. The number of fused-ring (bicyclic) bond motifs is 1. The van der Waals surface area contributed by atoms with Crippen molar-refractivity contribution < 1.29 is 22.4 Å². The predicted octanol–water partition coefficient (Wildman–Crippen LogP) is 6.77. The van der Waals surface area contributed by atoms with Crippen molar-refractivity contribution >= 4 is 44.9 Å². The number of hydrogen-bond acceptors (Lipinski definition) is 6. The van der Waals surface area contributed by atoms with Crippen LogP contribution >= 0.6 is 23.1 Å². The molecule has 188 valence electrons. The molecule has 0 spiro atoms. The zero-order chi connectivity index (χ0) is 26.2. The van der Waals surface area contributed by atoms with Gasteiger partial charge in [0, 0.05) is 16.6 Å². The van der Waals surface area contributed by atoms with Crippen molar-refractivity contribution in [1.82, 2.24) is 9.55 Å². The third kappa shape index (κ3) is 5.18. The fraction of sp³-hybridized carbons (Fsp3) is 0.115. The van der Waals surface area contributed by atoms with E-state index in [1.165, 1.54) is 28.0 Å². The Labute approximate surface area is 216 Å². The van der Waals surface area contributed by atoms with Gasteiger partial charge in [-0.25, -0.2) is 4.98 Å². The molecular weight excluding hydrogens is 523 g/mol. The second-order valence-electron chi connectivity index (χ2n) is 8.03. The van der Waals surface area contributed by atoms with Gasteiger partial charge < -0.3 is 9.73 Å². The first-order valence-electron chi connectivity index (χ1n) is 11.0. The molecule has 6 nitrogen and oxygen atoms in total. The number of carbonyl (C=O) groups excluding carboxylic acids is 1. The summed E-state index contributed by atoms with van der Waals surface area (Å²) in [5.41, 5.74) is 0.0519. The lowest BCUT2D eigenvalue weighted by Gasteiger charge is -2.13. The van der Waals surface area contributed by atoms with Crippen LogP contribution in [0.5, 0.6) is 0 Å². The number of thioether (sulfide) groups is 1. The topological polar surface area (TPSA) is 77.1 Å². The average molecular weight is 542 g/mol. The number of amides is 1. The van der Waals surface area contributed by atoms with Crippen molar-refractivity contribution in [1.29, 1.82) is 0 Å². The molecule has 1 N–H and O–H groups in total. The molecular formula is C26H18F3N3O3S2. The van der Waals surface area contributed by atoms with Crippen LogP contribution in [0, 0.1) is 6.92 Å². The fourth-order valence-electron chi connectivity index (χ4n) is 3.73. The Balaban J connectivity index is 1.48. The Bertz CT molecular complexity index is 1660. The van der Waals surface area contributed by atoms with E-state index in [0.717, 1.165) is 23.9 Å². The van der Waals surface area contributed by atoms with E-state index in [9.17, 15) is 22.8 Å². The van der Waals surface area contributed by atoms with E-state index in [4.69, 9.17) is 4.42 Å². The van der Waals surface area contributed by atoms with Crippen LogP contribution in [0.15, 0.2) is 86.5 Å². The molecule has 0 fully saturated rings. The minimum atomic E-state index is -4.52. The number of furan rings is 1. The van der Waals surface area contributed by atoms with Crippen molar-refractivity contribution in [3.8, 4) is 17.0 Å². The lowest BCUT2D eigenvalue weighted by atomic mass is 10.2. The summed E-state index contributed by atoms with van der Waals surface area (Å²) in [7, 11) is 0. The molecule has 5 rings (SSSR count). The van der Waals surface area contributed by atoms with Crippen LogP contribution in [-0.2, 0) is 11.0 Å². The van der Waals surface area contributed by atoms with Crippen LogP contribution in [0.25, 0.3) is 27.2 Å². The number of aryl methyl sites for hydroxylation is 1. The number of rotatable bonds is 6. The summed E-state index contributed by atoms with van der Waals surface area (Å²) in [6.45, 7) is 1.82. The molecule has 0 unspecified atom stereocenters. The standard InChI is InChI=1S/C26H18F3N3O3S2/c1-15-10-11-20(35-15)19-13-36-23-22(19)24(34)32(18-8-3-2-4-9-18)25(31-23)37-14-21(33)30-17-7-5-6-16(12-17)26(27,28)29/h2-13H,14H2,1H3,(H,30,33). The van der Waals surface area contributed by atoms with Crippen molar-refractivity contribution in [2.75, 3.05) is 11.1 Å². The first kappa shape index (κ1) is 24.8. The number of halogens is 3. The summed E-state index contributed by atoms with van der Waals surface area (Å²) in [5, 5.41) is 4.97. The molecule has 37 heavy (non-hydrogen) atoms. The van der Waals surface area contributed by atoms with E-state index < -0.39 is 17.6 Å². The summed E-state index contributed by atoms with van der Waals surface area (Å²) >= 11 is 2.30. The smallest absolute Gasteiger partial charge is 0.416 e. The summed E-state index contributed by atoms with van der Waals surface area (Å²) in [4.78, 5) is 31.5. The number of nitrogens with zero attached hydrogens (tertiary/aromatic N) is 2. The van der Waals surface area contributed by atoms with Crippen molar-refractivity contribution in [3.05, 3.63) is 93.8 Å². The number of alkyl halides is 3. The summed E-state index contributed by atoms with van der Waals surface area (Å²) in [6.07, 6.45) is -4.52. The van der Waals surface area contributed by atoms with Gasteiger partial charge in [-0.05, 0) is 49.4 Å². The van der Waals surface area contributed by atoms with Crippen LogP contribution < -0.4 is 10.9 Å². The Kier molecular flexibility index (Phi) is 6.65. The van der Waals surface area contributed by atoms with E-state index in [1.807, 2.05) is 24.4 Å². The Morgan fingerprint density at radius 2 is 1.89 bits per heavy atom.